The fourth-order valence-electron chi connectivity index (χ4n) is 3.38. The van der Waals surface area contributed by atoms with E-state index >= 15 is 0 Å². The molecular weight excluding hydrogens is 490 g/mol. The number of terminal acetylenes is 1. The second kappa shape index (κ2) is 10.7. The number of anilines is 2. The summed E-state index contributed by atoms with van der Waals surface area (Å²) in [6.45, 7) is 4.49. The molecule has 1 aliphatic rings. The number of nitrogens with zero attached hydrogens (tertiary/aromatic N) is 4. The van der Waals surface area contributed by atoms with Gasteiger partial charge in [-0.2, -0.15) is 0 Å². The van der Waals surface area contributed by atoms with Crippen LogP contribution in [-0.4, -0.2) is 59.5 Å². The van der Waals surface area contributed by atoms with E-state index in [1.54, 1.807) is 0 Å². The number of carbonyl (C=O) groups excluding carboxylic acids is 1. The molecule has 2 heterocycles. The molecule has 4 rings (SSSR count). The molecule has 0 radical (unpaired) electrons. The van der Waals surface area contributed by atoms with Crippen molar-refractivity contribution in [2.24, 2.45) is 0 Å². The first-order chi connectivity index (χ1) is 15.6. The lowest BCUT2D eigenvalue weighted by Gasteiger charge is -2.35. The largest absolute Gasteiger partial charge is 0.411 e. The molecular formula is C23H22BrN5O2S. The van der Waals surface area contributed by atoms with Gasteiger partial charge in [0.2, 0.25) is 11.8 Å². The molecule has 0 saturated carbocycles. The highest BCUT2D eigenvalue weighted by atomic mass is 79.9. The third-order valence-corrected chi connectivity index (χ3v) is 6.55. The van der Waals surface area contributed by atoms with Gasteiger partial charge in [0.1, 0.15) is 0 Å². The second-order valence-corrected chi connectivity index (χ2v) is 8.98. The van der Waals surface area contributed by atoms with Crippen LogP contribution in [0, 0.1) is 12.3 Å². The SMILES string of the molecule is C#CCN1CCN(c2ccc(NC(=O)CSc3nnc(-c4ccccc4Br)o3)cc2)CC1. The highest BCUT2D eigenvalue weighted by Gasteiger charge is 2.17. The second-order valence-electron chi connectivity index (χ2n) is 7.20. The van der Waals surface area contributed by atoms with Gasteiger partial charge in [-0.3, -0.25) is 9.69 Å². The van der Waals surface area contributed by atoms with Crippen molar-refractivity contribution >= 4 is 45.0 Å². The maximum Gasteiger partial charge on any atom is 0.277 e. The van der Waals surface area contributed by atoms with Gasteiger partial charge in [-0.25, -0.2) is 0 Å². The van der Waals surface area contributed by atoms with Crippen LogP contribution in [0.1, 0.15) is 0 Å². The zero-order chi connectivity index (χ0) is 22.3. The van der Waals surface area contributed by atoms with E-state index < -0.39 is 0 Å². The molecule has 1 N–H and O–H groups in total. The quantitative estimate of drug-likeness (QED) is 0.379. The van der Waals surface area contributed by atoms with Crippen LogP contribution in [0.4, 0.5) is 11.4 Å². The average molecular weight is 512 g/mol. The van der Waals surface area contributed by atoms with Crippen LogP contribution in [0.25, 0.3) is 11.5 Å². The molecule has 2 aromatic carbocycles. The Morgan fingerprint density at radius 1 is 1.12 bits per heavy atom. The zero-order valence-corrected chi connectivity index (χ0v) is 19.7. The molecule has 0 unspecified atom stereocenters. The Hall–Kier alpha value is -2.80. The van der Waals surface area contributed by atoms with E-state index in [1.807, 2.05) is 48.5 Å². The van der Waals surface area contributed by atoms with Gasteiger partial charge in [0, 0.05) is 42.0 Å². The fourth-order valence-corrected chi connectivity index (χ4v) is 4.40. The Kier molecular flexibility index (Phi) is 7.47. The summed E-state index contributed by atoms with van der Waals surface area (Å²) in [4.78, 5) is 16.9. The monoisotopic (exact) mass is 511 g/mol. The summed E-state index contributed by atoms with van der Waals surface area (Å²) in [5.41, 5.74) is 2.71. The van der Waals surface area contributed by atoms with Crippen molar-refractivity contribution in [1.29, 1.82) is 0 Å². The Balaban J connectivity index is 1.26. The summed E-state index contributed by atoms with van der Waals surface area (Å²) in [7, 11) is 0. The minimum atomic E-state index is -0.133. The van der Waals surface area contributed by atoms with Gasteiger partial charge in [0.15, 0.2) is 0 Å². The Labute approximate surface area is 199 Å². The van der Waals surface area contributed by atoms with Crippen molar-refractivity contribution in [1.82, 2.24) is 15.1 Å². The molecule has 32 heavy (non-hydrogen) atoms. The minimum Gasteiger partial charge on any atom is -0.411 e. The molecule has 0 bridgehead atoms. The summed E-state index contributed by atoms with van der Waals surface area (Å²) in [6, 6.07) is 15.5. The molecule has 0 atom stereocenters. The van der Waals surface area contributed by atoms with Crippen molar-refractivity contribution in [3.63, 3.8) is 0 Å². The maximum absolute atomic E-state index is 12.3. The van der Waals surface area contributed by atoms with Crippen LogP contribution in [0.3, 0.4) is 0 Å². The van der Waals surface area contributed by atoms with Gasteiger partial charge >= 0.3 is 0 Å². The van der Waals surface area contributed by atoms with E-state index in [0.29, 0.717) is 17.7 Å². The van der Waals surface area contributed by atoms with E-state index in [4.69, 9.17) is 10.8 Å². The number of hydrogen-bond donors (Lipinski definition) is 1. The van der Waals surface area contributed by atoms with Gasteiger partial charge in [0.05, 0.1) is 17.9 Å². The molecule has 164 valence electrons. The van der Waals surface area contributed by atoms with Gasteiger partial charge in [-0.1, -0.05) is 29.8 Å². The summed E-state index contributed by atoms with van der Waals surface area (Å²) in [5, 5.41) is 11.3. The van der Waals surface area contributed by atoms with E-state index in [2.05, 4.69) is 47.2 Å². The summed E-state index contributed by atoms with van der Waals surface area (Å²) >= 11 is 4.67. The molecule has 0 spiro atoms. The van der Waals surface area contributed by atoms with Gasteiger partial charge in [0.25, 0.3) is 5.22 Å². The summed E-state index contributed by atoms with van der Waals surface area (Å²) < 4.78 is 6.54. The Bertz CT molecular complexity index is 1100. The number of halogens is 1. The van der Waals surface area contributed by atoms with E-state index in [-0.39, 0.29) is 11.7 Å². The van der Waals surface area contributed by atoms with Crippen molar-refractivity contribution in [2.45, 2.75) is 5.22 Å². The van der Waals surface area contributed by atoms with E-state index in [9.17, 15) is 4.79 Å². The number of benzene rings is 2. The number of thioether (sulfide) groups is 1. The number of piperazine rings is 1. The first-order valence-corrected chi connectivity index (χ1v) is 11.9. The molecule has 3 aromatic rings. The molecule has 9 heteroatoms. The van der Waals surface area contributed by atoms with E-state index in [0.717, 1.165) is 47.6 Å². The van der Waals surface area contributed by atoms with Gasteiger partial charge in [-0.15, -0.1) is 16.6 Å². The Morgan fingerprint density at radius 3 is 2.59 bits per heavy atom. The first-order valence-electron chi connectivity index (χ1n) is 10.1. The predicted molar refractivity (Wildman–Crippen MR) is 131 cm³/mol. The van der Waals surface area contributed by atoms with Crippen LogP contribution < -0.4 is 10.2 Å². The summed E-state index contributed by atoms with van der Waals surface area (Å²) in [6.07, 6.45) is 5.39. The number of nitrogens with one attached hydrogen (secondary N) is 1. The first kappa shape index (κ1) is 22.4. The lowest BCUT2D eigenvalue weighted by molar-refractivity contribution is -0.113. The highest BCUT2D eigenvalue weighted by molar-refractivity contribution is 9.10. The molecule has 1 aromatic heterocycles. The molecule has 1 amide bonds. The molecule has 1 saturated heterocycles. The third-order valence-electron chi connectivity index (χ3n) is 5.04. The topological polar surface area (TPSA) is 74.5 Å². The normalized spacial score (nSPS) is 14.2. The third kappa shape index (κ3) is 5.71. The fraction of sp³-hybridized carbons (Fsp3) is 0.261. The number of aromatic nitrogens is 2. The lowest BCUT2D eigenvalue weighted by atomic mass is 10.2. The predicted octanol–water partition coefficient (Wildman–Crippen LogP) is 3.99. The average Bonchev–Trinajstić information content (AvgIpc) is 3.28. The van der Waals surface area contributed by atoms with E-state index in [1.165, 1.54) is 11.8 Å². The van der Waals surface area contributed by atoms with Crippen LogP contribution >= 0.6 is 27.7 Å². The number of amides is 1. The lowest BCUT2D eigenvalue weighted by Crippen LogP contribution is -2.46. The number of carbonyl (C=O) groups is 1. The molecule has 1 aliphatic heterocycles. The van der Waals surface area contributed by atoms with Crippen molar-refractivity contribution in [3.05, 3.63) is 53.0 Å². The van der Waals surface area contributed by atoms with Crippen LogP contribution in [0.15, 0.2) is 62.6 Å². The van der Waals surface area contributed by atoms with Gasteiger partial charge < -0.3 is 14.6 Å². The van der Waals surface area contributed by atoms with Crippen LogP contribution in [0.5, 0.6) is 0 Å². The Morgan fingerprint density at radius 2 is 1.88 bits per heavy atom. The standard InChI is InChI=1S/C23H22BrN5O2S/c1-2-11-28-12-14-29(15-13-28)18-9-7-17(8-10-18)25-21(30)16-32-23-27-26-22(31-23)19-5-3-4-6-20(19)24/h1,3-10H,11-16H2,(H,25,30). The maximum atomic E-state index is 12.3. The zero-order valence-electron chi connectivity index (χ0n) is 17.3. The van der Waals surface area contributed by atoms with Gasteiger partial charge in [-0.05, 0) is 52.3 Å². The van der Waals surface area contributed by atoms with Crippen molar-refractivity contribution in [3.8, 4) is 23.8 Å². The van der Waals surface area contributed by atoms with Crippen LogP contribution in [-0.2, 0) is 4.79 Å². The molecule has 1 fully saturated rings. The summed E-state index contributed by atoms with van der Waals surface area (Å²) in [5.74, 6) is 3.16. The molecule has 0 aliphatic carbocycles. The van der Waals surface area contributed by atoms with Crippen LogP contribution in [0.2, 0.25) is 0 Å². The smallest absolute Gasteiger partial charge is 0.277 e. The number of rotatable bonds is 7. The highest BCUT2D eigenvalue weighted by Crippen LogP contribution is 2.29. The van der Waals surface area contributed by atoms with Crippen molar-refractivity contribution in [2.75, 3.05) is 48.7 Å². The number of hydrogen-bond acceptors (Lipinski definition) is 7. The molecule has 7 nitrogen and oxygen atoms in total. The van der Waals surface area contributed by atoms with Crippen molar-refractivity contribution < 1.29 is 9.21 Å². The minimum absolute atomic E-state index is 0.133.